The van der Waals surface area contributed by atoms with Gasteiger partial charge in [-0.05, 0) is 36.6 Å². The zero-order valence-electron chi connectivity index (χ0n) is 12.1. The molecule has 6 nitrogen and oxygen atoms in total. The molecule has 0 spiro atoms. The first-order valence-electron chi connectivity index (χ1n) is 7.02. The van der Waals surface area contributed by atoms with E-state index in [4.69, 9.17) is 4.74 Å². The molecule has 0 bridgehead atoms. The van der Waals surface area contributed by atoms with Crippen molar-refractivity contribution in [3.63, 3.8) is 0 Å². The number of hydrogen-bond acceptors (Lipinski definition) is 4. The Labute approximate surface area is 123 Å². The third kappa shape index (κ3) is 2.95. The van der Waals surface area contributed by atoms with E-state index in [0.29, 0.717) is 12.4 Å². The second-order valence-corrected chi connectivity index (χ2v) is 5.37. The van der Waals surface area contributed by atoms with Crippen molar-refractivity contribution < 1.29 is 9.53 Å². The van der Waals surface area contributed by atoms with Gasteiger partial charge in [0.05, 0.1) is 0 Å². The van der Waals surface area contributed by atoms with Gasteiger partial charge in [-0.25, -0.2) is 4.98 Å². The van der Waals surface area contributed by atoms with Gasteiger partial charge in [0.2, 0.25) is 0 Å². The molecule has 1 aliphatic rings. The van der Waals surface area contributed by atoms with Crippen LogP contribution in [0.2, 0.25) is 0 Å². The van der Waals surface area contributed by atoms with E-state index in [2.05, 4.69) is 15.4 Å². The quantitative estimate of drug-likeness (QED) is 0.935. The average Bonchev–Trinajstić information content (AvgIpc) is 3.08. The molecule has 3 rings (SSSR count). The van der Waals surface area contributed by atoms with Crippen LogP contribution >= 0.6 is 0 Å². The Morgan fingerprint density at radius 1 is 1.38 bits per heavy atom. The number of rotatable bonds is 3. The molecule has 1 aromatic heterocycles. The first-order valence-corrected chi connectivity index (χ1v) is 7.02. The molecule has 1 aromatic carbocycles. The molecule has 110 valence electrons. The predicted octanol–water partition coefficient (Wildman–Crippen LogP) is 1.85. The molecule has 0 aliphatic carbocycles. The van der Waals surface area contributed by atoms with Gasteiger partial charge in [0.15, 0.2) is 5.82 Å². The van der Waals surface area contributed by atoms with Crippen LogP contribution < -0.4 is 5.32 Å². The molecule has 0 saturated carbocycles. The summed E-state index contributed by atoms with van der Waals surface area (Å²) in [6, 6.07) is 7.49. The molecular formula is C15H18N4O2. The summed E-state index contributed by atoms with van der Waals surface area (Å²) in [6.07, 6.45) is 2.24. The van der Waals surface area contributed by atoms with Crippen molar-refractivity contribution in [2.75, 3.05) is 11.9 Å². The third-order valence-corrected chi connectivity index (χ3v) is 3.66. The van der Waals surface area contributed by atoms with E-state index in [0.717, 1.165) is 17.7 Å². The van der Waals surface area contributed by atoms with Gasteiger partial charge in [-0.3, -0.25) is 9.48 Å². The minimum absolute atomic E-state index is 0.0799. The van der Waals surface area contributed by atoms with Gasteiger partial charge in [-0.2, -0.15) is 5.10 Å². The van der Waals surface area contributed by atoms with Crippen LogP contribution in [-0.2, 0) is 16.6 Å². The summed E-state index contributed by atoms with van der Waals surface area (Å²) in [5.74, 6) is 0.855. The Morgan fingerprint density at radius 3 is 2.71 bits per heavy atom. The van der Waals surface area contributed by atoms with Gasteiger partial charge < -0.3 is 10.1 Å². The smallest absolute Gasteiger partial charge is 0.253 e. The summed E-state index contributed by atoms with van der Waals surface area (Å²) in [7, 11) is 1.83. The lowest BCUT2D eigenvalue weighted by atomic mass is 10.0. The highest BCUT2D eigenvalue weighted by Crippen LogP contribution is 2.22. The summed E-state index contributed by atoms with van der Waals surface area (Å²) < 4.78 is 7.12. The van der Waals surface area contributed by atoms with Gasteiger partial charge in [-0.1, -0.05) is 6.92 Å². The minimum atomic E-state index is -0.345. The molecule has 1 saturated heterocycles. The number of amides is 1. The fourth-order valence-corrected chi connectivity index (χ4v) is 2.42. The van der Waals surface area contributed by atoms with Crippen molar-refractivity contribution in [1.29, 1.82) is 0 Å². The number of ether oxygens (including phenoxy) is 1. The SMILES string of the molecule is C[C@@H]1CCO[C@@H]1C(=O)Nc1ccc(-c2ncn(C)n2)cc1. The standard InChI is InChI=1S/C15H18N4O2/c1-10-7-8-21-13(10)15(20)17-12-5-3-11(4-6-12)14-16-9-19(2)18-14/h3-6,9-10,13H,7-8H2,1-2H3,(H,17,20)/t10-,13+/m1/s1. The molecule has 21 heavy (non-hydrogen) atoms. The predicted molar refractivity (Wildman–Crippen MR) is 78.6 cm³/mol. The lowest BCUT2D eigenvalue weighted by molar-refractivity contribution is -0.126. The molecule has 1 amide bonds. The number of carbonyl (C=O) groups is 1. The van der Waals surface area contributed by atoms with Crippen molar-refractivity contribution in [1.82, 2.24) is 14.8 Å². The summed E-state index contributed by atoms with van der Waals surface area (Å²) in [5, 5.41) is 7.13. The number of benzene rings is 1. The molecule has 0 unspecified atom stereocenters. The maximum atomic E-state index is 12.1. The zero-order valence-corrected chi connectivity index (χ0v) is 12.1. The van der Waals surface area contributed by atoms with Gasteiger partial charge >= 0.3 is 0 Å². The first-order chi connectivity index (χ1) is 10.1. The first kappa shape index (κ1) is 13.8. The van der Waals surface area contributed by atoms with Crippen LogP contribution in [0, 0.1) is 5.92 Å². The van der Waals surface area contributed by atoms with Crippen molar-refractivity contribution in [2.24, 2.45) is 13.0 Å². The van der Waals surface area contributed by atoms with Crippen LogP contribution in [0.3, 0.4) is 0 Å². The van der Waals surface area contributed by atoms with Crippen molar-refractivity contribution in [3.05, 3.63) is 30.6 Å². The highest BCUT2D eigenvalue weighted by atomic mass is 16.5. The number of aryl methyl sites for hydroxylation is 1. The Morgan fingerprint density at radius 2 is 2.14 bits per heavy atom. The molecule has 6 heteroatoms. The largest absolute Gasteiger partial charge is 0.368 e. The van der Waals surface area contributed by atoms with Crippen LogP contribution in [0.25, 0.3) is 11.4 Å². The lowest BCUT2D eigenvalue weighted by Crippen LogP contribution is -2.31. The fraction of sp³-hybridized carbons (Fsp3) is 0.400. The Kier molecular flexibility index (Phi) is 3.70. The van der Waals surface area contributed by atoms with E-state index in [1.807, 2.05) is 38.2 Å². The van der Waals surface area contributed by atoms with Crippen molar-refractivity contribution in [3.8, 4) is 11.4 Å². The second kappa shape index (κ2) is 5.65. The number of aromatic nitrogens is 3. The van der Waals surface area contributed by atoms with Crippen LogP contribution in [-0.4, -0.2) is 33.4 Å². The zero-order chi connectivity index (χ0) is 14.8. The van der Waals surface area contributed by atoms with E-state index < -0.39 is 0 Å². The van der Waals surface area contributed by atoms with E-state index in [1.54, 1.807) is 11.0 Å². The minimum Gasteiger partial charge on any atom is -0.368 e. The molecule has 2 atom stereocenters. The Bertz CT molecular complexity index is 635. The van der Waals surface area contributed by atoms with E-state index >= 15 is 0 Å². The highest BCUT2D eigenvalue weighted by molar-refractivity contribution is 5.94. The molecule has 1 fully saturated rings. The van der Waals surface area contributed by atoms with Gasteiger partial charge in [-0.15, -0.1) is 0 Å². The van der Waals surface area contributed by atoms with Gasteiger partial charge in [0.25, 0.3) is 5.91 Å². The number of hydrogen-bond donors (Lipinski definition) is 1. The Hall–Kier alpha value is -2.21. The summed E-state index contributed by atoms with van der Waals surface area (Å²) in [4.78, 5) is 16.3. The second-order valence-electron chi connectivity index (χ2n) is 5.37. The molecule has 2 aromatic rings. The molecule has 1 aliphatic heterocycles. The third-order valence-electron chi connectivity index (χ3n) is 3.66. The van der Waals surface area contributed by atoms with E-state index in [-0.39, 0.29) is 17.9 Å². The molecule has 1 N–H and O–H groups in total. The van der Waals surface area contributed by atoms with Crippen LogP contribution in [0.15, 0.2) is 30.6 Å². The monoisotopic (exact) mass is 286 g/mol. The summed E-state index contributed by atoms with van der Waals surface area (Å²) in [6.45, 7) is 2.69. The van der Waals surface area contributed by atoms with E-state index in [1.165, 1.54) is 0 Å². The van der Waals surface area contributed by atoms with Gasteiger partial charge in [0, 0.05) is 24.9 Å². The molecule has 0 radical (unpaired) electrons. The van der Waals surface area contributed by atoms with Gasteiger partial charge in [0.1, 0.15) is 12.4 Å². The summed E-state index contributed by atoms with van der Waals surface area (Å²) in [5.41, 5.74) is 1.67. The lowest BCUT2D eigenvalue weighted by Gasteiger charge is -2.14. The fourth-order valence-electron chi connectivity index (χ4n) is 2.42. The topological polar surface area (TPSA) is 69.0 Å². The molecular weight excluding hydrogens is 268 g/mol. The molecule has 2 heterocycles. The number of nitrogens with one attached hydrogen (secondary N) is 1. The van der Waals surface area contributed by atoms with E-state index in [9.17, 15) is 4.79 Å². The maximum Gasteiger partial charge on any atom is 0.253 e. The number of anilines is 1. The Balaban J connectivity index is 1.68. The van der Waals surface area contributed by atoms with Crippen molar-refractivity contribution >= 4 is 11.6 Å². The maximum absolute atomic E-state index is 12.1. The number of carbonyl (C=O) groups excluding carboxylic acids is 1. The van der Waals surface area contributed by atoms with Crippen LogP contribution in [0.5, 0.6) is 0 Å². The average molecular weight is 286 g/mol. The normalized spacial score (nSPS) is 21.4. The van der Waals surface area contributed by atoms with Crippen LogP contribution in [0.1, 0.15) is 13.3 Å². The van der Waals surface area contributed by atoms with Crippen molar-refractivity contribution in [2.45, 2.75) is 19.4 Å². The number of nitrogens with zero attached hydrogens (tertiary/aromatic N) is 3. The summed E-state index contributed by atoms with van der Waals surface area (Å²) >= 11 is 0. The highest BCUT2D eigenvalue weighted by Gasteiger charge is 2.30. The van der Waals surface area contributed by atoms with Crippen LogP contribution in [0.4, 0.5) is 5.69 Å².